The molecule has 0 unspecified atom stereocenters. The van der Waals surface area contributed by atoms with Crippen LogP contribution in [0.4, 0.5) is 8.78 Å². The predicted octanol–water partition coefficient (Wildman–Crippen LogP) is 1.92. The quantitative estimate of drug-likeness (QED) is 0.832. The van der Waals surface area contributed by atoms with E-state index in [2.05, 4.69) is 5.32 Å². The molecule has 130 valence electrons. The van der Waals surface area contributed by atoms with Gasteiger partial charge in [0.05, 0.1) is 13.5 Å². The normalized spacial score (nSPS) is 18.8. The number of carbonyl (C=O) groups is 3. The number of halogens is 2. The SMILES string of the molecule is COC(=O)[C@H](NC(=O)Cc1ccc(F)cc1F)[C@H]1CCCC(=O)C1. The summed E-state index contributed by atoms with van der Waals surface area (Å²) in [6.07, 6.45) is 1.61. The molecule has 0 heterocycles. The number of ketones is 1. The Kier molecular flexibility index (Phi) is 6.00. The maximum Gasteiger partial charge on any atom is 0.328 e. The third-order valence-corrected chi connectivity index (χ3v) is 4.13. The summed E-state index contributed by atoms with van der Waals surface area (Å²) in [4.78, 5) is 35.7. The van der Waals surface area contributed by atoms with Crippen molar-refractivity contribution in [2.24, 2.45) is 5.92 Å². The Bertz CT molecular complexity index is 647. The molecule has 2 atom stereocenters. The van der Waals surface area contributed by atoms with Crippen molar-refractivity contribution in [1.82, 2.24) is 5.32 Å². The maximum atomic E-state index is 13.6. The number of ether oxygens (including phenoxy) is 1. The lowest BCUT2D eigenvalue weighted by Crippen LogP contribution is -2.48. The molecular weight excluding hydrogens is 320 g/mol. The zero-order chi connectivity index (χ0) is 17.7. The minimum Gasteiger partial charge on any atom is -0.467 e. The van der Waals surface area contributed by atoms with Crippen molar-refractivity contribution >= 4 is 17.7 Å². The molecule has 0 aromatic heterocycles. The zero-order valence-corrected chi connectivity index (χ0v) is 13.3. The highest BCUT2D eigenvalue weighted by atomic mass is 19.1. The number of Topliss-reactive ketones (excluding diaryl/α,β-unsaturated/α-hetero) is 1. The second-order valence-electron chi connectivity index (χ2n) is 5.88. The van der Waals surface area contributed by atoms with Gasteiger partial charge in [0.15, 0.2) is 0 Å². The number of esters is 1. The summed E-state index contributed by atoms with van der Waals surface area (Å²) in [5.74, 6) is -3.08. The van der Waals surface area contributed by atoms with Gasteiger partial charge in [-0.1, -0.05) is 6.07 Å². The van der Waals surface area contributed by atoms with E-state index in [4.69, 9.17) is 4.74 Å². The van der Waals surface area contributed by atoms with Gasteiger partial charge in [-0.15, -0.1) is 0 Å². The minimum absolute atomic E-state index is 0.0252. The van der Waals surface area contributed by atoms with Crippen molar-refractivity contribution in [3.8, 4) is 0 Å². The van der Waals surface area contributed by atoms with Crippen LogP contribution in [0.2, 0.25) is 0 Å². The van der Waals surface area contributed by atoms with E-state index < -0.39 is 29.6 Å². The van der Waals surface area contributed by atoms with Gasteiger partial charge in [0.25, 0.3) is 0 Å². The molecule has 0 aliphatic heterocycles. The maximum absolute atomic E-state index is 13.6. The van der Waals surface area contributed by atoms with Gasteiger partial charge in [0.2, 0.25) is 5.91 Å². The number of rotatable bonds is 5. The van der Waals surface area contributed by atoms with E-state index in [0.717, 1.165) is 6.07 Å². The summed E-state index contributed by atoms with van der Waals surface area (Å²) < 4.78 is 31.2. The number of methoxy groups -OCH3 is 1. The Morgan fingerprint density at radius 1 is 1.38 bits per heavy atom. The van der Waals surface area contributed by atoms with Crippen LogP contribution in [0.5, 0.6) is 0 Å². The molecule has 24 heavy (non-hydrogen) atoms. The van der Waals surface area contributed by atoms with Crippen molar-refractivity contribution in [3.63, 3.8) is 0 Å². The summed E-state index contributed by atoms with van der Waals surface area (Å²) in [5.41, 5.74) is 0.0252. The fourth-order valence-corrected chi connectivity index (χ4v) is 2.90. The molecule has 1 N–H and O–H groups in total. The highest BCUT2D eigenvalue weighted by molar-refractivity contribution is 5.87. The van der Waals surface area contributed by atoms with Crippen molar-refractivity contribution in [2.45, 2.75) is 38.1 Å². The third-order valence-electron chi connectivity index (χ3n) is 4.13. The van der Waals surface area contributed by atoms with Gasteiger partial charge in [-0.2, -0.15) is 0 Å². The van der Waals surface area contributed by atoms with Crippen molar-refractivity contribution in [3.05, 3.63) is 35.4 Å². The van der Waals surface area contributed by atoms with E-state index in [1.165, 1.54) is 13.2 Å². The number of hydrogen-bond donors (Lipinski definition) is 1. The number of hydrogen-bond acceptors (Lipinski definition) is 4. The number of amides is 1. The van der Waals surface area contributed by atoms with Crippen molar-refractivity contribution in [2.75, 3.05) is 7.11 Å². The molecule has 1 fully saturated rings. The Morgan fingerprint density at radius 2 is 2.12 bits per heavy atom. The fraction of sp³-hybridized carbons (Fsp3) is 0.471. The second kappa shape index (κ2) is 7.99. The Balaban J connectivity index is 2.06. The summed E-state index contributed by atoms with van der Waals surface area (Å²) in [5, 5.41) is 2.52. The van der Waals surface area contributed by atoms with E-state index in [-0.39, 0.29) is 30.1 Å². The van der Waals surface area contributed by atoms with Crippen molar-refractivity contribution in [1.29, 1.82) is 0 Å². The number of nitrogens with one attached hydrogen (secondary N) is 1. The molecule has 0 spiro atoms. The van der Waals surface area contributed by atoms with Crippen LogP contribution in [0.25, 0.3) is 0 Å². The standard InChI is InChI=1S/C17H19F2NO4/c1-24-17(23)16(11-3-2-4-13(21)7-11)20-15(22)8-10-5-6-12(18)9-14(10)19/h5-6,9,11,16H,2-4,7-8H2,1H3,(H,20,22)/t11-,16+/m0/s1. The van der Waals surface area contributed by atoms with Gasteiger partial charge >= 0.3 is 5.97 Å². The Morgan fingerprint density at radius 3 is 2.75 bits per heavy atom. The molecule has 0 radical (unpaired) electrons. The first-order valence-corrected chi connectivity index (χ1v) is 7.73. The molecule has 1 amide bonds. The van der Waals surface area contributed by atoms with E-state index in [1.807, 2.05) is 0 Å². The minimum atomic E-state index is -0.949. The summed E-state index contributed by atoms with van der Waals surface area (Å²) in [7, 11) is 1.20. The Labute approximate surface area is 138 Å². The monoisotopic (exact) mass is 339 g/mol. The fourth-order valence-electron chi connectivity index (χ4n) is 2.90. The van der Waals surface area contributed by atoms with Gasteiger partial charge in [-0.25, -0.2) is 13.6 Å². The summed E-state index contributed by atoms with van der Waals surface area (Å²) in [6.45, 7) is 0. The smallest absolute Gasteiger partial charge is 0.328 e. The molecule has 1 aliphatic rings. The molecule has 5 nitrogen and oxygen atoms in total. The van der Waals surface area contributed by atoms with Gasteiger partial charge < -0.3 is 10.1 Å². The average Bonchev–Trinajstić information content (AvgIpc) is 2.54. The van der Waals surface area contributed by atoms with E-state index >= 15 is 0 Å². The van der Waals surface area contributed by atoms with Crippen LogP contribution in [0.1, 0.15) is 31.2 Å². The van der Waals surface area contributed by atoms with Crippen LogP contribution in [0, 0.1) is 17.6 Å². The van der Waals surface area contributed by atoms with Gasteiger partial charge in [0, 0.05) is 18.9 Å². The van der Waals surface area contributed by atoms with Crippen LogP contribution in [0.3, 0.4) is 0 Å². The van der Waals surface area contributed by atoms with E-state index in [9.17, 15) is 23.2 Å². The number of benzene rings is 1. The largest absolute Gasteiger partial charge is 0.467 e. The molecular formula is C17H19F2NO4. The van der Waals surface area contributed by atoms with Crippen LogP contribution in [-0.2, 0) is 25.5 Å². The molecule has 0 bridgehead atoms. The lowest BCUT2D eigenvalue weighted by atomic mass is 9.83. The van der Waals surface area contributed by atoms with Crippen LogP contribution >= 0.6 is 0 Å². The van der Waals surface area contributed by atoms with Crippen LogP contribution < -0.4 is 5.32 Å². The molecule has 1 saturated carbocycles. The van der Waals surface area contributed by atoms with Gasteiger partial charge in [0.1, 0.15) is 23.5 Å². The molecule has 1 aromatic carbocycles. The lowest BCUT2D eigenvalue weighted by molar-refractivity contribution is -0.147. The Hall–Kier alpha value is -2.31. The average molecular weight is 339 g/mol. The first kappa shape index (κ1) is 18.0. The number of carbonyl (C=O) groups excluding carboxylic acids is 3. The zero-order valence-electron chi connectivity index (χ0n) is 13.3. The second-order valence-corrected chi connectivity index (χ2v) is 5.88. The summed E-state index contributed by atoms with van der Waals surface area (Å²) in [6, 6.07) is 1.99. The molecule has 1 aromatic rings. The molecule has 7 heteroatoms. The third kappa shape index (κ3) is 4.59. The highest BCUT2D eigenvalue weighted by Crippen LogP contribution is 2.25. The lowest BCUT2D eigenvalue weighted by Gasteiger charge is -2.28. The van der Waals surface area contributed by atoms with Crippen molar-refractivity contribution < 1.29 is 27.9 Å². The predicted molar refractivity (Wildman–Crippen MR) is 81.0 cm³/mol. The van der Waals surface area contributed by atoms with E-state index in [1.54, 1.807) is 0 Å². The summed E-state index contributed by atoms with van der Waals surface area (Å²) >= 11 is 0. The highest BCUT2D eigenvalue weighted by Gasteiger charge is 2.34. The van der Waals surface area contributed by atoms with Crippen LogP contribution in [-0.4, -0.2) is 30.8 Å². The van der Waals surface area contributed by atoms with Gasteiger partial charge in [-0.05, 0) is 30.4 Å². The first-order valence-electron chi connectivity index (χ1n) is 7.73. The van der Waals surface area contributed by atoms with Gasteiger partial charge in [-0.3, -0.25) is 9.59 Å². The van der Waals surface area contributed by atoms with Crippen LogP contribution in [0.15, 0.2) is 18.2 Å². The first-order chi connectivity index (χ1) is 11.4. The van der Waals surface area contributed by atoms with E-state index in [0.29, 0.717) is 25.3 Å². The molecule has 0 saturated heterocycles. The molecule has 1 aliphatic carbocycles. The molecule has 2 rings (SSSR count). The topological polar surface area (TPSA) is 72.5 Å².